The Hall–Kier alpha value is -2.41. The molecule has 7 nitrogen and oxygen atoms in total. The topological polar surface area (TPSA) is 95.9 Å². The lowest BCUT2D eigenvalue weighted by molar-refractivity contribution is -0.196. The van der Waals surface area contributed by atoms with Crippen molar-refractivity contribution in [2.75, 3.05) is 23.4 Å². The van der Waals surface area contributed by atoms with E-state index in [1.165, 1.54) is 4.90 Å². The second-order valence-corrected chi connectivity index (χ2v) is 9.09. The number of hydrogen-bond acceptors (Lipinski definition) is 5. The molecule has 2 amide bonds. The minimum absolute atomic E-state index is 0.0948. The Morgan fingerprint density at radius 3 is 2.61 bits per heavy atom. The van der Waals surface area contributed by atoms with Crippen molar-refractivity contribution < 1.29 is 24.2 Å². The van der Waals surface area contributed by atoms with Gasteiger partial charge in [0.05, 0.1) is 22.4 Å². The fourth-order valence-electron chi connectivity index (χ4n) is 6.27. The third-order valence-electron chi connectivity index (χ3n) is 6.86. The number of carbonyl (C=O) groups is 3. The summed E-state index contributed by atoms with van der Waals surface area (Å²) in [6, 6.07) is 7.06. The molecule has 1 heterocycles. The number of carbonyl (C=O) groups excluding carboxylic acids is 3. The molecule has 6 rings (SSSR count). The van der Waals surface area contributed by atoms with Gasteiger partial charge in [0.2, 0.25) is 5.91 Å². The zero-order chi connectivity index (χ0) is 19.5. The smallest absolute Gasteiger partial charge is 0.312 e. The van der Waals surface area contributed by atoms with Crippen LogP contribution in [0.25, 0.3) is 0 Å². The third-order valence-corrected chi connectivity index (χ3v) is 6.86. The Bertz CT molecular complexity index is 852. The van der Waals surface area contributed by atoms with Gasteiger partial charge in [0.25, 0.3) is 5.91 Å². The monoisotopic (exact) mass is 384 g/mol. The highest BCUT2D eigenvalue weighted by atomic mass is 16.5. The SMILES string of the molecule is O=C1CN(C(=O)COC(=O)C23C[C@@H]4C[C@@H](CC(O)(C4)C2)C3)c2ccccc2N1. The Morgan fingerprint density at radius 2 is 1.89 bits per heavy atom. The summed E-state index contributed by atoms with van der Waals surface area (Å²) in [4.78, 5) is 38.9. The van der Waals surface area contributed by atoms with Crippen LogP contribution in [0.4, 0.5) is 11.4 Å². The average molecular weight is 384 g/mol. The van der Waals surface area contributed by atoms with E-state index >= 15 is 0 Å². The molecule has 0 radical (unpaired) electrons. The van der Waals surface area contributed by atoms with Crippen LogP contribution in [0.15, 0.2) is 24.3 Å². The van der Waals surface area contributed by atoms with Gasteiger partial charge in [0.15, 0.2) is 6.61 Å². The first kappa shape index (κ1) is 17.7. The molecule has 4 atom stereocenters. The fourth-order valence-corrected chi connectivity index (χ4v) is 6.27. The summed E-state index contributed by atoms with van der Waals surface area (Å²) >= 11 is 0. The van der Waals surface area contributed by atoms with Crippen LogP contribution in [0, 0.1) is 17.3 Å². The van der Waals surface area contributed by atoms with Crippen LogP contribution < -0.4 is 10.2 Å². The van der Waals surface area contributed by atoms with Crippen LogP contribution in [0.1, 0.15) is 38.5 Å². The Balaban J connectivity index is 1.29. The van der Waals surface area contributed by atoms with Gasteiger partial charge in [-0.15, -0.1) is 0 Å². The summed E-state index contributed by atoms with van der Waals surface area (Å²) < 4.78 is 5.46. The van der Waals surface area contributed by atoms with E-state index in [0.717, 1.165) is 32.1 Å². The van der Waals surface area contributed by atoms with Crippen LogP contribution in [-0.4, -0.2) is 41.6 Å². The Labute approximate surface area is 163 Å². The number of rotatable bonds is 3. The predicted octanol–water partition coefficient (Wildman–Crippen LogP) is 1.85. The minimum atomic E-state index is -0.753. The third kappa shape index (κ3) is 2.80. The van der Waals surface area contributed by atoms with Gasteiger partial charge in [-0.25, -0.2) is 0 Å². The number of hydrogen-bond donors (Lipinski definition) is 2. The van der Waals surface area contributed by atoms with Gasteiger partial charge in [-0.05, 0) is 62.5 Å². The number of fused-ring (bicyclic) bond motifs is 1. The van der Waals surface area contributed by atoms with Gasteiger partial charge in [-0.3, -0.25) is 19.3 Å². The summed E-state index contributed by atoms with van der Waals surface area (Å²) in [7, 11) is 0. The molecule has 28 heavy (non-hydrogen) atoms. The van der Waals surface area contributed by atoms with E-state index < -0.39 is 23.5 Å². The number of aliphatic hydroxyl groups is 1. The molecular formula is C21H24N2O5. The molecule has 0 saturated heterocycles. The van der Waals surface area contributed by atoms with Crippen molar-refractivity contribution in [3.05, 3.63) is 24.3 Å². The second-order valence-electron chi connectivity index (χ2n) is 9.09. The molecule has 4 bridgehead atoms. The normalized spacial score (nSPS) is 35.3. The van der Waals surface area contributed by atoms with E-state index in [1.54, 1.807) is 24.3 Å². The average Bonchev–Trinajstić information content (AvgIpc) is 2.63. The lowest BCUT2D eigenvalue weighted by Crippen LogP contribution is -2.58. The summed E-state index contributed by atoms with van der Waals surface area (Å²) in [6.07, 6.45) is 4.56. The lowest BCUT2D eigenvalue weighted by atomic mass is 9.48. The van der Waals surface area contributed by atoms with Crippen molar-refractivity contribution in [2.45, 2.75) is 44.1 Å². The van der Waals surface area contributed by atoms with Gasteiger partial charge in [0.1, 0.15) is 6.54 Å². The van der Waals surface area contributed by atoms with Crippen LogP contribution in [-0.2, 0) is 19.1 Å². The molecule has 1 aliphatic heterocycles. The van der Waals surface area contributed by atoms with Crippen LogP contribution in [0.5, 0.6) is 0 Å². The van der Waals surface area contributed by atoms with E-state index in [9.17, 15) is 19.5 Å². The van der Waals surface area contributed by atoms with Crippen molar-refractivity contribution in [1.82, 2.24) is 0 Å². The van der Waals surface area contributed by atoms with Crippen molar-refractivity contribution in [3.63, 3.8) is 0 Å². The maximum Gasteiger partial charge on any atom is 0.312 e. The van der Waals surface area contributed by atoms with Crippen molar-refractivity contribution in [3.8, 4) is 0 Å². The first-order valence-electron chi connectivity index (χ1n) is 9.95. The van der Waals surface area contributed by atoms with Gasteiger partial charge in [0, 0.05) is 0 Å². The highest BCUT2D eigenvalue weighted by Crippen LogP contribution is 2.61. The zero-order valence-electron chi connectivity index (χ0n) is 15.6. The Morgan fingerprint density at radius 1 is 1.18 bits per heavy atom. The Kier molecular flexibility index (Phi) is 3.81. The molecule has 4 fully saturated rings. The summed E-state index contributed by atoms with van der Waals surface area (Å²) in [6.45, 7) is -0.488. The van der Waals surface area contributed by atoms with Gasteiger partial charge in [-0.1, -0.05) is 12.1 Å². The number of para-hydroxylation sites is 2. The first-order chi connectivity index (χ1) is 13.4. The number of ether oxygens (including phenoxy) is 1. The molecule has 148 valence electrons. The van der Waals surface area contributed by atoms with Gasteiger partial charge >= 0.3 is 5.97 Å². The zero-order valence-corrected chi connectivity index (χ0v) is 15.6. The highest BCUT2D eigenvalue weighted by Gasteiger charge is 2.61. The van der Waals surface area contributed by atoms with E-state index in [0.29, 0.717) is 29.6 Å². The highest BCUT2D eigenvalue weighted by molar-refractivity contribution is 6.10. The molecule has 7 heteroatoms. The number of benzene rings is 1. The number of nitrogens with zero attached hydrogens (tertiary/aromatic N) is 1. The largest absolute Gasteiger partial charge is 0.455 e. The molecule has 4 aliphatic carbocycles. The summed E-state index contributed by atoms with van der Waals surface area (Å²) in [5.41, 5.74) is -0.234. The van der Waals surface area contributed by atoms with Crippen molar-refractivity contribution in [1.29, 1.82) is 0 Å². The molecule has 5 aliphatic rings. The molecule has 4 saturated carbocycles. The number of nitrogens with one attached hydrogen (secondary N) is 1. The predicted molar refractivity (Wildman–Crippen MR) is 100 cm³/mol. The fraction of sp³-hybridized carbons (Fsp3) is 0.571. The van der Waals surface area contributed by atoms with Gasteiger partial charge in [-0.2, -0.15) is 0 Å². The molecule has 2 unspecified atom stereocenters. The van der Waals surface area contributed by atoms with E-state index in [4.69, 9.17) is 4.74 Å². The quantitative estimate of drug-likeness (QED) is 0.776. The van der Waals surface area contributed by atoms with Crippen molar-refractivity contribution in [2.24, 2.45) is 17.3 Å². The molecule has 1 aromatic carbocycles. The van der Waals surface area contributed by atoms with Crippen LogP contribution >= 0.6 is 0 Å². The second kappa shape index (κ2) is 6.04. The molecule has 0 spiro atoms. The van der Waals surface area contributed by atoms with E-state index in [2.05, 4.69) is 5.32 Å². The van der Waals surface area contributed by atoms with Gasteiger partial charge < -0.3 is 15.2 Å². The maximum absolute atomic E-state index is 13.0. The van der Waals surface area contributed by atoms with Crippen molar-refractivity contribution >= 4 is 29.2 Å². The van der Waals surface area contributed by atoms with Crippen LogP contribution in [0.3, 0.4) is 0 Å². The lowest BCUT2D eigenvalue weighted by Gasteiger charge is -2.58. The minimum Gasteiger partial charge on any atom is -0.455 e. The molecule has 0 aromatic heterocycles. The number of esters is 1. The molecule has 2 N–H and O–H groups in total. The van der Waals surface area contributed by atoms with Crippen LogP contribution in [0.2, 0.25) is 0 Å². The van der Waals surface area contributed by atoms with E-state index in [1.807, 2.05) is 0 Å². The standard InChI is InChI=1S/C21H24N2O5/c24-17-10-23(16-4-2-1-3-15(16)22-17)18(25)11-28-19(26)20-6-13-5-14(7-20)9-21(27,8-13)12-20/h1-4,13-14,27H,5-12H2,(H,22,24)/t13-,14+,20?,21?. The summed E-state index contributed by atoms with van der Waals surface area (Å²) in [5, 5.41) is 13.5. The van der Waals surface area contributed by atoms with E-state index in [-0.39, 0.29) is 18.4 Å². The number of anilines is 2. The number of amides is 2. The summed E-state index contributed by atoms with van der Waals surface area (Å²) in [5.74, 6) is -0.330. The molecule has 1 aromatic rings. The molecular weight excluding hydrogens is 360 g/mol. The maximum atomic E-state index is 13.0. The first-order valence-corrected chi connectivity index (χ1v) is 9.95.